The van der Waals surface area contributed by atoms with E-state index >= 15 is 0 Å². The molecule has 0 atom stereocenters. The van der Waals surface area contributed by atoms with Crippen LogP contribution in [0.1, 0.15) is 5.56 Å². The molecule has 0 saturated carbocycles. The summed E-state index contributed by atoms with van der Waals surface area (Å²) >= 11 is 0. The summed E-state index contributed by atoms with van der Waals surface area (Å²) < 4.78 is 34.4. The van der Waals surface area contributed by atoms with Crippen LogP contribution in [-0.2, 0) is 19.3 Å². The van der Waals surface area contributed by atoms with Gasteiger partial charge in [0.15, 0.2) is 0 Å². The maximum absolute atomic E-state index is 12.2. The van der Waals surface area contributed by atoms with E-state index in [1.807, 2.05) is 0 Å². The van der Waals surface area contributed by atoms with Gasteiger partial charge < -0.3 is 20.5 Å². The minimum atomic E-state index is -3.56. The van der Waals surface area contributed by atoms with Crippen LogP contribution in [0.5, 0.6) is 0 Å². The number of amides is 1. The first-order valence-electron chi connectivity index (χ1n) is 6.79. The van der Waals surface area contributed by atoms with Crippen molar-refractivity contribution in [2.24, 2.45) is 5.73 Å². The molecule has 0 unspecified atom stereocenters. The minimum absolute atomic E-state index is 0.0724. The Kier molecular flexibility index (Phi) is 5.53. The Morgan fingerprint density at radius 2 is 2.00 bits per heavy atom. The fourth-order valence-corrected chi connectivity index (χ4v) is 3.43. The van der Waals surface area contributed by atoms with Gasteiger partial charge in [0.25, 0.3) is 0 Å². The molecule has 120 valence electrons. The molecule has 1 amide bonds. The van der Waals surface area contributed by atoms with E-state index in [1.165, 1.54) is 12.1 Å². The fourth-order valence-electron chi connectivity index (χ4n) is 1.95. The van der Waals surface area contributed by atoms with Crippen molar-refractivity contribution < 1.29 is 22.7 Å². The molecule has 1 aromatic carbocycles. The number of sulfone groups is 1. The lowest BCUT2D eigenvalue weighted by molar-refractivity contribution is 0.130. The SMILES string of the molecule is NCCOCCNC(=O)OCC1=Cc2ccccc2S1(=O)=O. The van der Waals surface area contributed by atoms with Crippen molar-refractivity contribution in [3.63, 3.8) is 0 Å². The van der Waals surface area contributed by atoms with Crippen LogP contribution in [0.4, 0.5) is 4.79 Å². The molecule has 2 rings (SSSR count). The summed E-state index contributed by atoms with van der Waals surface area (Å²) in [6.07, 6.45) is 0.825. The maximum Gasteiger partial charge on any atom is 0.407 e. The van der Waals surface area contributed by atoms with Crippen LogP contribution >= 0.6 is 0 Å². The molecule has 1 aromatic rings. The number of benzene rings is 1. The van der Waals surface area contributed by atoms with Crippen molar-refractivity contribution >= 4 is 22.0 Å². The molecule has 0 radical (unpaired) electrons. The van der Waals surface area contributed by atoms with E-state index in [1.54, 1.807) is 18.2 Å². The summed E-state index contributed by atoms with van der Waals surface area (Å²) in [4.78, 5) is 11.8. The summed E-state index contributed by atoms with van der Waals surface area (Å²) in [6, 6.07) is 6.64. The van der Waals surface area contributed by atoms with Gasteiger partial charge in [-0.15, -0.1) is 0 Å². The fraction of sp³-hybridized carbons (Fsp3) is 0.357. The van der Waals surface area contributed by atoms with E-state index in [2.05, 4.69) is 5.32 Å². The number of ether oxygens (including phenoxy) is 2. The Labute approximate surface area is 129 Å². The second kappa shape index (κ2) is 7.39. The van der Waals surface area contributed by atoms with Crippen molar-refractivity contribution in [1.29, 1.82) is 0 Å². The summed E-state index contributed by atoms with van der Waals surface area (Å²) in [5.41, 5.74) is 5.86. The zero-order chi connectivity index (χ0) is 16.0. The summed E-state index contributed by atoms with van der Waals surface area (Å²) in [5.74, 6) is 0. The summed E-state index contributed by atoms with van der Waals surface area (Å²) in [5, 5.41) is 2.47. The van der Waals surface area contributed by atoms with E-state index < -0.39 is 15.9 Å². The van der Waals surface area contributed by atoms with Crippen LogP contribution in [0.2, 0.25) is 0 Å². The first kappa shape index (κ1) is 16.5. The van der Waals surface area contributed by atoms with Crippen molar-refractivity contribution in [2.75, 3.05) is 32.9 Å². The van der Waals surface area contributed by atoms with Gasteiger partial charge in [-0.1, -0.05) is 18.2 Å². The highest BCUT2D eigenvalue weighted by molar-refractivity contribution is 7.95. The average Bonchev–Trinajstić information content (AvgIpc) is 2.76. The van der Waals surface area contributed by atoms with Gasteiger partial charge in [-0.25, -0.2) is 13.2 Å². The predicted molar refractivity (Wildman–Crippen MR) is 80.8 cm³/mol. The Morgan fingerprint density at radius 3 is 2.73 bits per heavy atom. The molecule has 0 aromatic heterocycles. The van der Waals surface area contributed by atoms with Crippen LogP contribution in [0.15, 0.2) is 34.1 Å². The molecule has 0 bridgehead atoms. The smallest absolute Gasteiger partial charge is 0.407 e. The molecule has 0 saturated heterocycles. The molecule has 0 fully saturated rings. The number of nitrogens with two attached hydrogens (primary N) is 1. The van der Waals surface area contributed by atoms with Crippen LogP contribution in [0, 0.1) is 0 Å². The minimum Gasteiger partial charge on any atom is -0.444 e. The third kappa shape index (κ3) is 3.85. The summed E-state index contributed by atoms with van der Waals surface area (Å²) in [7, 11) is -3.56. The molecular weight excluding hydrogens is 308 g/mol. The van der Waals surface area contributed by atoms with E-state index in [0.717, 1.165) is 0 Å². The maximum atomic E-state index is 12.2. The van der Waals surface area contributed by atoms with Gasteiger partial charge in [-0.2, -0.15) is 0 Å². The molecular formula is C14H18N2O5S. The largest absolute Gasteiger partial charge is 0.444 e. The van der Waals surface area contributed by atoms with Gasteiger partial charge in [0.2, 0.25) is 9.84 Å². The first-order chi connectivity index (χ1) is 10.6. The van der Waals surface area contributed by atoms with Crippen LogP contribution in [0.3, 0.4) is 0 Å². The van der Waals surface area contributed by atoms with Crippen LogP contribution < -0.4 is 11.1 Å². The number of carbonyl (C=O) groups excluding carboxylic acids is 1. The molecule has 8 heteroatoms. The van der Waals surface area contributed by atoms with Crippen LogP contribution in [-0.4, -0.2) is 47.4 Å². The van der Waals surface area contributed by atoms with E-state index in [-0.39, 0.29) is 23.0 Å². The molecule has 0 aliphatic carbocycles. The Hall–Kier alpha value is -1.90. The van der Waals surface area contributed by atoms with E-state index in [4.69, 9.17) is 15.2 Å². The molecule has 3 N–H and O–H groups in total. The van der Waals surface area contributed by atoms with Gasteiger partial charge >= 0.3 is 6.09 Å². The van der Waals surface area contributed by atoms with E-state index in [9.17, 15) is 13.2 Å². The molecule has 1 aliphatic rings. The monoisotopic (exact) mass is 326 g/mol. The molecule has 7 nitrogen and oxygen atoms in total. The molecule has 1 heterocycles. The number of alkyl carbamates (subject to hydrolysis) is 1. The van der Waals surface area contributed by atoms with E-state index in [0.29, 0.717) is 25.3 Å². The quantitative estimate of drug-likeness (QED) is 0.707. The highest BCUT2D eigenvalue weighted by Crippen LogP contribution is 2.32. The van der Waals surface area contributed by atoms with Crippen molar-refractivity contribution in [3.05, 3.63) is 34.7 Å². The second-order valence-electron chi connectivity index (χ2n) is 4.56. The summed E-state index contributed by atoms with van der Waals surface area (Å²) in [6.45, 7) is 1.12. The lowest BCUT2D eigenvalue weighted by atomic mass is 10.2. The van der Waals surface area contributed by atoms with Crippen molar-refractivity contribution in [1.82, 2.24) is 5.32 Å². The Morgan fingerprint density at radius 1 is 1.23 bits per heavy atom. The number of hydrogen-bond acceptors (Lipinski definition) is 6. The Balaban J connectivity index is 1.82. The van der Waals surface area contributed by atoms with Crippen LogP contribution in [0.25, 0.3) is 6.08 Å². The lowest BCUT2D eigenvalue weighted by Gasteiger charge is -2.08. The highest BCUT2D eigenvalue weighted by Gasteiger charge is 2.29. The highest BCUT2D eigenvalue weighted by atomic mass is 32.2. The molecule has 0 spiro atoms. The number of carbonyl (C=O) groups is 1. The Bertz CT molecular complexity index is 670. The number of fused-ring (bicyclic) bond motifs is 1. The number of nitrogens with one attached hydrogen (secondary N) is 1. The molecule has 22 heavy (non-hydrogen) atoms. The number of rotatable bonds is 7. The lowest BCUT2D eigenvalue weighted by Crippen LogP contribution is -2.29. The van der Waals surface area contributed by atoms with Crippen molar-refractivity contribution in [2.45, 2.75) is 4.90 Å². The van der Waals surface area contributed by atoms with Gasteiger partial charge in [0.05, 0.1) is 23.0 Å². The predicted octanol–water partition coefficient (Wildman–Crippen LogP) is 0.516. The van der Waals surface area contributed by atoms with Gasteiger partial charge in [-0.3, -0.25) is 0 Å². The average molecular weight is 326 g/mol. The second-order valence-corrected chi connectivity index (χ2v) is 6.53. The third-order valence-corrected chi connectivity index (χ3v) is 4.87. The standard InChI is InChI=1S/C14H18N2O5S/c15-5-7-20-8-6-16-14(17)21-10-12-9-11-3-1-2-4-13(11)22(12,18)19/h1-4,9H,5-8,10,15H2,(H,16,17). The zero-order valence-electron chi connectivity index (χ0n) is 11.9. The van der Waals surface area contributed by atoms with Gasteiger partial charge in [0.1, 0.15) is 6.61 Å². The topological polar surface area (TPSA) is 108 Å². The zero-order valence-corrected chi connectivity index (χ0v) is 12.8. The van der Waals surface area contributed by atoms with Gasteiger partial charge in [-0.05, 0) is 17.7 Å². The normalized spacial score (nSPS) is 15.0. The third-order valence-electron chi connectivity index (χ3n) is 2.99. The molecule has 1 aliphatic heterocycles. The van der Waals surface area contributed by atoms with Gasteiger partial charge in [0, 0.05) is 13.1 Å². The van der Waals surface area contributed by atoms with Crippen molar-refractivity contribution in [3.8, 4) is 0 Å². The number of hydrogen-bond donors (Lipinski definition) is 2. The first-order valence-corrected chi connectivity index (χ1v) is 8.27.